The Hall–Kier alpha value is -0.570. The molecule has 0 radical (unpaired) electrons. The van der Waals surface area contributed by atoms with E-state index in [0.717, 1.165) is 36.8 Å². The molecule has 0 bridgehead atoms. The number of benzene rings is 1. The third-order valence-corrected chi connectivity index (χ3v) is 3.21. The molecule has 0 amide bonds. The molecule has 0 spiro atoms. The summed E-state index contributed by atoms with van der Waals surface area (Å²) in [5, 5.41) is 4.30. The van der Waals surface area contributed by atoms with Crippen LogP contribution in [-0.4, -0.2) is 19.8 Å². The summed E-state index contributed by atoms with van der Waals surface area (Å²) < 4.78 is 5.41. The van der Waals surface area contributed by atoms with Crippen molar-refractivity contribution in [1.82, 2.24) is 5.32 Å². The number of ether oxygens (including phenoxy) is 1. The van der Waals surface area contributed by atoms with Gasteiger partial charge in [0.15, 0.2) is 0 Å². The highest BCUT2D eigenvalue weighted by molar-refractivity contribution is 6.31. The molecule has 3 heteroatoms. The van der Waals surface area contributed by atoms with E-state index in [2.05, 4.69) is 30.4 Å². The van der Waals surface area contributed by atoms with Gasteiger partial charge < -0.3 is 10.1 Å². The molecule has 0 heterocycles. The first-order valence-corrected chi connectivity index (χ1v) is 6.64. The van der Waals surface area contributed by atoms with Gasteiger partial charge in [-0.1, -0.05) is 30.7 Å². The molecule has 1 aromatic rings. The monoisotopic (exact) mass is 255 g/mol. The SMILES string of the molecule is CCNC(CCOCC)c1ccc(C)c(Cl)c1. The third-order valence-electron chi connectivity index (χ3n) is 2.80. The smallest absolute Gasteiger partial charge is 0.0484 e. The van der Waals surface area contributed by atoms with E-state index >= 15 is 0 Å². The molecule has 1 N–H and O–H groups in total. The molecular weight excluding hydrogens is 234 g/mol. The van der Waals surface area contributed by atoms with E-state index in [4.69, 9.17) is 16.3 Å². The van der Waals surface area contributed by atoms with Crippen molar-refractivity contribution in [2.24, 2.45) is 0 Å². The van der Waals surface area contributed by atoms with Crippen LogP contribution in [0.4, 0.5) is 0 Å². The molecule has 1 aromatic carbocycles. The van der Waals surface area contributed by atoms with Crippen LogP contribution in [0, 0.1) is 6.92 Å². The minimum atomic E-state index is 0.324. The largest absolute Gasteiger partial charge is 0.382 e. The van der Waals surface area contributed by atoms with E-state index in [1.54, 1.807) is 0 Å². The molecule has 0 aromatic heterocycles. The summed E-state index contributed by atoms with van der Waals surface area (Å²) in [6.07, 6.45) is 0.973. The van der Waals surface area contributed by atoms with Gasteiger partial charge in [0.05, 0.1) is 0 Å². The maximum atomic E-state index is 6.16. The highest BCUT2D eigenvalue weighted by Gasteiger charge is 2.11. The molecule has 0 saturated carbocycles. The van der Waals surface area contributed by atoms with Gasteiger partial charge in [-0.15, -0.1) is 0 Å². The Morgan fingerprint density at radius 2 is 2.12 bits per heavy atom. The second-order valence-corrected chi connectivity index (χ2v) is 4.51. The third kappa shape index (κ3) is 4.66. The number of halogens is 1. The molecule has 2 nitrogen and oxygen atoms in total. The molecule has 0 saturated heterocycles. The van der Waals surface area contributed by atoms with Crippen LogP contribution < -0.4 is 5.32 Å². The zero-order chi connectivity index (χ0) is 12.7. The summed E-state index contributed by atoms with van der Waals surface area (Å²) in [5.74, 6) is 0. The predicted molar refractivity (Wildman–Crippen MR) is 73.7 cm³/mol. The summed E-state index contributed by atoms with van der Waals surface area (Å²) in [7, 11) is 0. The Kier molecular flexibility index (Phi) is 6.56. The standard InChI is InChI=1S/C14H22ClNO/c1-4-16-14(8-9-17-5-2)12-7-6-11(3)13(15)10-12/h6-7,10,14,16H,4-5,8-9H2,1-3H3. The van der Waals surface area contributed by atoms with E-state index in [1.165, 1.54) is 5.56 Å². The minimum absolute atomic E-state index is 0.324. The molecule has 0 aliphatic rings. The number of rotatable bonds is 7. The lowest BCUT2D eigenvalue weighted by Gasteiger charge is -2.19. The van der Waals surface area contributed by atoms with Crippen molar-refractivity contribution in [3.05, 3.63) is 34.3 Å². The van der Waals surface area contributed by atoms with Crippen molar-refractivity contribution >= 4 is 11.6 Å². The first-order chi connectivity index (χ1) is 8.19. The zero-order valence-electron chi connectivity index (χ0n) is 10.9. The first-order valence-electron chi connectivity index (χ1n) is 6.26. The Bertz CT molecular complexity index is 341. The Labute approximate surface area is 109 Å². The van der Waals surface area contributed by atoms with Crippen LogP contribution in [0.5, 0.6) is 0 Å². The zero-order valence-corrected chi connectivity index (χ0v) is 11.7. The lowest BCUT2D eigenvalue weighted by atomic mass is 10.0. The minimum Gasteiger partial charge on any atom is -0.382 e. The summed E-state index contributed by atoms with van der Waals surface area (Å²) in [5.41, 5.74) is 2.36. The van der Waals surface area contributed by atoms with E-state index in [-0.39, 0.29) is 0 Å². The van der Waals surface area contributed by atoms with Crippen molar-refractivity contribution in [3.8, 4) is 0 Å². The quantitative estimate of drug-likeness (QED) is 0.750. The molecule has 0 fully saturated rings. The summed E-state index contributed by atoms with van der Waals surface area (Å²) >= 11 is 6.16. The van der Waals surface area contributed by atoms with Crippen LogP contribution in [0.25, 0.3) is 0 Å². The van der Waals surface area contributed by atoms with Gasteiger partial charge >= 0.3 is 0 Å². The lowest BCUT2D eigenvalue weighted by molar-refractivity contribution is 0.136. The maximum absolute atomic E-state index is 6.16. The second kappa shape index (κ2) is 7.70. The summed E-state index contributed by atoms with van der Waals surface area (Å²) in [4.78, 5) is 0. The van der Waals surface area contributed by atoms with E-state index in [1.807, 2.05) is 13.8 Å². The highest BCUT2D eigenvalue weighted by Crippen LogP contribution is 2.23. The summed E-state index contributed by atoms with van der Waals surface area (Å²) in [6, 6.07) is 6.59. The van der Waals surface area contributed by atoms with E-state index in [9.17, 15) is 0 Å². The molecule has 0 aliphatic carbocycles. The van der Waals surface area contributed by atoms with Gasteiger partial charge in [-0.3, -0.25) is 0 Å². The summed E-state index contributed by atoms with van der Waals surface area (Å²) in [6.45, 7) is 8.65. The fourth-order valence-electron chi connectivity index (χ4n) is 1.80. The average Bonchev–Trinajstić information content (AvgIpc) is 2.32. The molecule has 1 atom stereocenters. The molecule has 0 aliphatic heterocycles. The van der Waals surface area contributed by atoms with Crippen LogP contribution in [0.1, 0.15) is 37.4 Å². The van der Waals surface area contributed by atoms with Gasteiger partial charge in [-0.05, 0) is 44.0 Å². The molecular formula is C14H22ClNO. The molecule has 1 unspecified atom stereocenters. The fourth-order valence-corrected chi connectivity index (χ4v) is 1.99. The van der Waals surface area contributed by atoms with Crippen LogP contribution in [0.2, 0.25) is 5.02 Å². The fraction of sp³-hybridized carbons (Fsp3) is 0.571. The van der Waals surface area contributed by atoms with Gasteiger partial charge in [0.2, 0.25) is 0 Å². The Balaban J connectivity index is 2.70. The van der Waals surface area contributed by atoms with Crippen molar-refractivity contribution < 1.29 is 4.74 Å². The van der Waals surface area contributed by atoms with Crippen LogP contribution in [0.3, 0.4) is 0 Å². The van der Waals surface area contributed by atoms with Gasteiger partial charge in [-0.25, -0.2) is 0 Å². The number of aryl methyl sites for hydroxylation is 1. The average molecular weight is 256 g/mol. The van der Waals surface area contributed by atoms with E-state index in [0.29, 0.717) is 6.04 Å². The number of nitrogens with one attached hydrogen (secondary N) is 1. The van der Waals surface area contributed by atoms with Crippen molar-refractivity contribution in [1.29, 1.82) is 0 Å². The lowest BCUT2D eigenvalue weighted by Crippen LogP contribution is -2.22. The van der Waals surface area contributed by atoms with Crippen molar-refractivity contribution in [2.45, 2.75) is 33.2 Å². The van der Waals surface area contributed by atoms with Crippen LogP contribution >= 0.6 is 11.6 Å². The topological polar surface area (TPSA) is 21.3 Å². The maximum Gasteiger partial charge on any atom is 0.0484 e. The Morgan fingerprint density at radius 1 is 1.35 bits per heavy atom. The van der Waals surface area contributed by atoms with Crippen LogP contribution in [-0.2, 0) is 4.74 Å². The Morgan fingerprint density at radius 3 is 2.71 bits per heavy atom. The highest BCUT2D eigenvalue weighted by atomic mass is 35.5. The van der Waals surface area contributed by atoms with Crippen LogP contribution in [0.15, 0.2) is 18.2 Å². The molecule has 1 rings (SSSR count). The normalized spacial score (nSPS) is 12.7. The van der Waals surface area contributed by atoms with Gasteiger partial charge in [0.1, 0.15) is 0 Å². The number of hydrogen-bond acceptors (Lipinski definition) is 2. The van der Waals surface area contributed by atoms with Gasteiger partial charge in [0, 0.05) is 24.3 Å². The van der Waals surface area contributed by atoms with Crippen molar-refractivity contribution in [2.75, 3.05) is 19.8 Å². The number of hydrogen-bond donors (Lipinski definition) is 1. The molecule has 96 valence electrons. The van der Waals surface area contributed by atoms with Crippen molar-refractivity contribution in [3.63, 3.8) is 0 Å². The van der Waals surface area contributed by atoms with E-state index < -0.39 is 0 Å². The van der Waals surface area contributed by atoms with Gasteiger partial charge in [0.25, 0.3) is 0 Å². The van der Waals surface area contributed by atoms with Gasteiger partial charge in [-0.2, -0.15) is 0 Å². The first kappa shape index (κ1) is 14.5. The second-order valence-electron chi connectivity index (χ2n) is 4.10. The predicted octanol–water partition coefficient (Wildman–Crippen LogP) is 3.73. The molecule has 17 heavy (non-hydrogen) atoms.